The van der Waals surface area contributed by atoms with Crippen molar-refractivity contribution in [3.8, 4) is 0 Å². The van der Waals surface area contributed by atoms with E-state index in [0.717, 1.165) is 0 Å². The maximum atomic E-state index is 12.2. The van der Waals surface area contributed by atoms with E-state index in [2.05, 4.69) is 5.32 Å². The van der Waals surface area contributed by atoms with Crippen molar-refractivity contribution in [1.82, 2.24) is 14.8 Å². The maximum Gasteiger partial charge on any atom is 0.250 e. The number of hydrogen-bond donors (Lipinski definition) is 1. The number of aromatic nitrogens is 1. The summed E-state index contributed by atoms with van der Waals surface area (Å²) in [5, 5.41) is 2.94. The number of amides is 2. The van der Waals surface area contributed by atoms with Crippen LogP contribution >= 0.6 is 0 Å². The second-order valence-electron chi connectivity index (χ2n) is 6.17. The average Bonchev–Trinajstić information content (AvgIpc) is 2.64. The number of rotatable bonds is 8. The molecule has 1 saturated heterocycles. The molecule has 2 rings (SSSR count). The number of likely N-dealkylation sites (tertiary alicyclic amines) is 1. The van der Waals surface area contributed by atoms with Crippen LogP contribution in [0.3, 0.4) is 0 Å². The Morgan fingerprint density at radius 3 is 2.72 bits per heavy atom. The van der Waals surface area contributed by atoms with Gasteiger partial charge in [-0.25, -0.2) is 0 Å². The van der Waals surface area contributed by atoms with Gasteiger partial charge in [-0.3, -0.25) is 14.4 Å². The van der Waals surface area contributed by atoms with Crippen molar-refractivity contribution in [1.29, 1.82) is 0 Å². The minimum Gasteiger partial charge on any atom is -0.372 e. The van der Waals surface area contributed by atoms with Gasteiger partial charge < -0.3 is 19.5 Å². The summed E-state index contributed by atoms with van der Waals surface area (Å²) in [5.74, 6) is -0.0121. The highest BCUT2D eigenvalue weighted by Gasteiger charge is 2.26. The molecule has 0 unspecified atom stereocenters. The number of carbonyl (C=O) groups is 2. The van der Waals surface area contributed by atoms with Crippen molar-refractivity contribution >= 4 is 11.8 Å². The Kier molecular flexibility index (Phi) is 7.66. The first-order chi connectivity index (χ1) is 12.1. The van der Waals surface area contributed by atoms with Crippen molar-refractivity contribution in [3.05, 3.63) is 34.7 Å². The predicted molar refractivity (Wildman–Crippen MR) is 94.1 cm³/mol. The van der Waals surface area contributed by atoms with E-state index < -0.39 is 0 Å². The van der Waals surface area contributed by atoms with Crippen LogP contribution in [-0.2, 0) is 20.9 Å². The van der Waals surface area contributed by atoms with Crippen LogP contribution in [-0.4, -0.2) is 54.1 Å². The van der Waals surface area contributed by atoms with Crippen LogP contribution in [0.1, 0.15) is 26.2 Å². The van der Waals surface area contributed by atoms with Gasteiger partial charge in [0.1, 0.15) is 6.61 Å². The first-order valence-electron chi connectivity index (χ1n) is 8.90. The molecular weight excluding hydrogens is 322 g/mol. The van der Waals surface area contributed by atoms with E-state index >= 15 is 0 Å². The van der Waals surface area contributed by atoms with Gasteiger partial charge in [-0.15, -0.1) is 0 Å². The normalized spacial score (nSPS) is 15.2. The molecule has 0 saturated carbocycles. The molecule has 1 fully saturated rings. The van der Waals surface area contributed by atoms with Gasteiger partial charge >= 0.3 is 0 Å². The van der Waals surface area contributed by atoms with E-state index in [1.54, 1.807) is 21.7 Å². The average molecular weight is 349 g/mol. The summed E-state index contributed by atoms with van der Waals surface area (Å²) in [6.07, 6.45) is 3.82. The Morgan fingerprint density at radius 1 is 1.28 bits per heavy atom. The highest BCUT2D eigenvalue weighted by atomic mass is 16.5. The maximum absolute atomic E-state index is 12.2. The van der Waals surface area contributed by atoms with Crippen molar-refractivity contribution < 1.29 is 14.3 Å². The van der Waals surface area contributed by atoms with Crippen LogP contribution in [0.2, 0.25) is 0 Å². The number of hydrogen-bond acceptors (Lipinski definition) is 4. The highest BCUT2D eigenvalue weighted by molar-refractivity contribution is 5.80. The minimum atomic E-state index is -0.0457. The van der Waals surface area contributed by atoms with Gasteiger partial charge in [0.2, 0.25) is 17.4 Å². The molecular formula is C18H27N3O4. The molecule has 0 atom stereocenters. The number of pyridine rings is 1. The molecule has 1 aromatic heterocycles. The second-order valence-corrected chi connectivity index (χ2v) is 6.17. The summed E-state index contributed by atoms with van der Waals surface area (Å²) in [4.78, 5) is 37.4. The molecule has 7 nitrogen and oxygen atoms in total. The molecule has 7 heteroatoms. The van der Waals surface area contributed by atoms with Gasteiger partial charge in [0, 0.05) is 51.0 Å². The largest absolute Gasteiger partial charge is 0.372 e. The van der Waals surface area contributed by atoms with E-state index in [9.17, 15) is 14.4 Å². The lowest BCUT2D eigenvalue weighted by Crippen LogP contribution is -2.44. The standard InChI is InChI=1S/C18H27N3O4/c1-2-25-14-17(23)21-12-7-15(8-13-21)18(24)19-9-5-11-20-10-4-3-6-16(20)22/h3-4,6,10,15H,2,5,7-9,11-14H2,1H3,(H,19,24). The molecule has 2 heterocycles. The quantitative estimate of drug-likeness (QED) is 0.698. The second kappa shape index (κ2) is 9.98. The van der Waals surface area contributed by atoms with Crippen LogP contribution in [0.25, 0.3) is 0 Å². The lowest BCUT2D eigenvalue weighted by atomic mass is 9.96. The monoisotopic (exact) mass is 349 g/mol. The first kappa shape index (κ1) is 19.2. The van der Waals surface area contributed by atoms with E-state index in [1.165, 1.54) is 6.07 Å². The van der Waals surface area contributed by atoms with Crippen LogP contribution in [0.4, 0.5) is 0 Å². The van der Waals surface area contributed by atoms with Crippen LogP contribution in [0.5, 0.6) is 0 Å². The summed E-state index contributed by atoms with van der Waals surface area (Å²) >= 11 is 0. The fourth-order valence-electron chi connectivity index (χ4n) is 2.92. The Bertz CT molecular complexity index is 621. The number of ether oxygens (including phenoxy) is 1. The first-order valence-corrected chi connectivity index (χ1v) is 8.90. The number of aryl methyl sites for hydroxylation is 1. The van der Waals surface area contributed by atoms with Crippen LogP contribution < -0.4 is 10.9 Å². The molecule has 0 aliphatic carbocycles. The van der Waals surface area contributed by atoms with E-state index in [4.69, 9.17) is 4.74 Å². The smallest absolute Gasteiger partial charge is 0.250 e. The summed E-state index contributed by atoms with van der Waals surface area (Å²) in [5.41, 5.74) is -0.0297. The minimum absolute atomic E-state index is 0.00555. The molecule has 25 heavy (non-hydrogen) atoms. The van der Waals surface area contributed by atoms with E-state index in [0.29, 0.717) is 52.0 Å². The SMILES string of the molecule is CCOCC(=O)N1CCC(C(=O)NCCCn2ccccc2=O)CC1. The van der Waals surface area contributed by atoms with Gasteiger partial charge in [-0.05, 0) is 32.3 Å². The molecule has 1 aliphatic rings. The third-order valence-corrected chi connectivity index (χ3v) is 4.42. The molecule has 1 N–H and O–H groups in total. The van der Waals surface area contributed by atoms with E-state index in [-0.39, 0.29) is 29.9 Å². The Morgan fingerprint density at radius 2 is 2.04 bits per heavy atom. The van der Waals surface area contributed by atoms with Gasteiger partial charge in [0.25, 0.3) is 0 Å². The number of carbonyl (C=O) groups excluding carboxylic acids is 2. The third-order valence-electron chi connectivity index (χ3n) is 4.42. The molecule has 0 spiro atoms. The summed E-state index contributed by atoms with van der Waals surface area (Å²) in [7, 11) is 0. The molecule has 138 valence electrons. The molecule has 1 aromatic rings. The molecule has 1 aliphatic heterocycles. The Labute approximate surface area is 148 Å². The van der Waals surface area contributed by atoms with Crippen LogP contribution in [0, 0.1) is 5.92 Å². The molecule has 0 bridgehead atoms. The topological polar surface area (TPSA) is 80.6 Å². The zero-order valence-electron chi connectivity index (χ0n) is 14.8. The summed E-state index contributed by atoms with van der Waals surface area (Å²) in [6, 6.07) is 5.06. The Balaban J connectivity index is 1.64. The summed E-state index contributed by atoms with van der Waals surface area (Å²) < 4.78 is 6.77. The zero-order chi connectivity index (χ0) is 18.1. The lowest BCUT2D eigenvalue weighted by molar-refractivity contribution is -0.139. The van der Waals surface area contributed by atoms with E-state index in [1.807, 2.05) is 13.0 Å². The lowest BCUT2D eigenvalue weighted by Gasteiger charge is -2.31. The fraction of sp³-hybridized carbons (Fsp3) is 0.611. The van der Waals surface area contributed by atoms with Crippen molar-refractivity contribution in [2.24, 2.45) is 5.92 Å². The highest BCUT2D eigenvalue weighted by Crippen LogP contribution is 2.17. The zero-order valence-corrected chi connectivity index (χ0v) is 14.8. The number of nitrogens with one attached hydrogen (secondary N) is 1. The van der Waals surface area contributed by atoms with Gasteiger partial charge in [0.05, 0.1) is 0 Å². The van der Waals surface area contributed by atoms with Crippen molar-refractivity contribution in [3.63, 3.8) is 0 Å². The number of piperidine rings is 1. The van der Waals surface area contributed by atoms with Gasteiger partial charge in [0.15, 0.2) is 0 Å². The van der Waals surface area contributed by atoms with Crippen molar-refractivity contribution in [2.75, 3.05) is 32.8 Å². The Hall–Kier alpha value is -2.15. The number of nitrogens with zero attached hydrogens (tertiary/aromatic N) is 2. The molecule has 0 aromatic carbocycles. The third kappa shape index (κ3) is 6.01. The predicted octanol–water partition coefficient (Wildman–Crippen LogP) is 0.630. The van der Waals surface area contributed by atoms with Gasteiger partial charge in [-0.2, -0.15) is 0 Å². The van der Waals surface area contributed by atoms with Crippen LogP contribution in [0.15, 0.2) is 29.2 Å². The molecule has 0 radical (unpaired) electrons. The van der Waals surface area contributed by atoms with Gasteiger partial charge in [-0.1, -0.05) is 6.07 Å². The molecule has 2 amide bonds. The fourth-order valence-corrected chi connectivity index (χ4v) is 2.92. The summed E-state index contributed by atoms with van der Waals surface area (Å²) in [6.45, 7) is 4.84. The van der Waals surface area contributed by atoms with Crippen molar-refractivity contribution in [2.45, 2.75) is 32.7 Å².